The lowest BCUT2D eigenvalue weighted by molar-refractivity contribution is 0.0698. The average Bonchev–Trinajstić information content (AvgIpc) is 3.03. The van der Waals surface area contributed by atoms with Gasteiger partial charge in [0.1, 0.15) is 5.58 Å². The third-order valence-electron chi connectivity index (χ3n) is 5.69. The second-order valence-electron chi connectivity index (χ2n) is 7.25. The van der Waals surface area contributed by atoms with Crippen LogP contribution < -0.4 is 4.90 Å². The maximum Gasteiger partial charge on any atom is 0.336 e. The molecule has 0 atom stereocenters. The zero-order valence-electron chi connectivity index (χ0n) is 15.6. The number of benzene rings is 1. The first-order chi connectivity index (χ1) is 11.9. The van der Waals surface area contributed by atoms with Gasteiger partial charge in [-0.2, -0.15) is 0 Å². The van der Waals surface area contributed by atoms with Gasteiger partial charge in [-0.1, -0.05) is 0 Å². The van der Waals surface area contributed by atoms with Crippen molar-refractivity contribution < 1.29 is 14.3 Å². The topological polar surface area (TPSA) is 56.9 Å². The van der Waals surface area contributed by atoms with Crippen molar-refractivity contribution >= 4 is 22.6 Å². The molecule has 1 aromatic heterocycles. The summed E-state index contributed by atoms with van der Waals surface area (Å²) >= 11 is 0. The average molecular weight is 344 g/mol. The van der Waals surface area contributed by atoms with E-state index in [0.29, 0.717) is 28.6 Å². The molecule has 136 valence electrons. The van der Waals surface area contributed by atoms with Crippen LogP contribution in [0.1, 0.15) is 48.5 Å². The van der Waals surface area contributed by atoms with E-state index in [4.69, 9.17) is 4.42 Å². The molecule has 0 spiro atoms. The molecule has 0 aliphatic heterocycles. The standard InChI is InChI=1S/C20H28N2O3/c1-5-22(15-8-6-14(7-9-15)21(3)4)17-12-18-16(10-11-25-18)19(13(17)2)20(23)24/h10-12,14-15H,5-9H2,1-4H3,(H,23,24)/t14-,15-. The second-order valence-corrected chi connectivity index (χ2v) is 7.25. The lowest BCUT2D eigenvalue weighted by Gasteiger charge is -2.40. The summed E-state index contributed by atoms with van der Waals surface area (Å²) in [5.41, 5.74) is 2.84. The van der Waals surface area contributed by atoms with Crippen molar-refractivity contribution in [3.05, 3.63) is 29.5 Å². The van der Waals surface area contributed by atoms with Gasteiger partial charge in [0.2, 0.25) is 0 Å². The van der Waals surface area contributed by atoms with Gasteiger partial charge in [-0.15, -0.1) is 0 Å². The highest BCUT2D eigenvalue weighted by molar-refractivity contribution is 6.05. The van der Waals surface area contributed by atoms with E-state index in [-0.39, 0.29) is 0 Å². The van der Waals surface area contributed by atoms with E-state index < -0.39 is 5.97 Å². The summed E-state index contributed by atoms with van der Waals surface area (Å²) in [6, 6.07) is 4.86. The Bertz CT molecular complexity index is 758. The first-order valence-corrected chi connectivity index (χ1v) is 9.11. The van der Waals surface area contributed by atoms with Crippen LogP contribution in [0.25, 0.3) is 11.0 Å². The van der Waals surface area contributed by atoms with Gasteiger partial charge in [0, 0.05) is 35.8 Å². The van der Waals surface area contributed by atoms with Crippen LogP contribution in [0.2, 0.25) is 0 Å². The van der Waals surface area contributed by atoms with Crippen molar-refractivity contribution in [3.8, 4) is 0 Å². The number of carboxylic acid groups (broad SMARTS) is 1. The molecular weight excluding hydrogens is 316 g/mol. The summed E-state index contributed by atoms with van der Waals surface area (Å²) in [4.78, 5) is 16.5. The summed E-state index contributed by atoms with van der Waals surface area (Å²) < 4.78 is 5.54. The van der Waals surface area contributed by atoms with Crippen molar-refractivity contribution in [2.45, 2.75) is 51.6 Å². The van der Waals surface area contributed by atoms with Crippen LogP contribution in [0.3, 0.4) is 0 Å². The van der Waals surface area contributed by atoms with E-state index in [2.05, 4.69) is 30.8 Å². The summed E-state index contributed by atoms with van der Waals surface area (Å²) in [6.45, 7) is 4.92. The first kappa shape index (κ1) is 17.8. The Labute approximate surface area is 149 Å². The molecule has 3 rings (SSSR count). The highest BCUT2D eigenvalue weighted by atomic mass is 16.4. The van der Waals surface area contributed by atoms with Crippen LogP contribution in [0, 0.1) is 6.92 Å². The Hall–Kier alpha value is -2.01. The molecule has 5 heteroatoms. The van der Waals surface area contributed by atoms with Crippen LogP contribution in [0.4, 0.5) is 5.69 Å². The van der Waals surface area contributed by atoms with Gasteiger partial charge in [0.25, 0.3) is 0 Å². The Morgan fingerprint density at radius 1 is 1.24 bits per heavy atom. The fourth-order valence-electron chi connectivity index (χ4n) is 4.29. The molecule has 1 heterocycles. The third-order valence-corrected chi connectivity index (χ3v) is 5.69. The molecule has 25 heavy (non-hydrogen) atoms. The van der Waals surface area contributed by atoms with Gasteiger partial charge in [-0.05, 0) is 65.3 Å². The smallest absolute Gasteiger partial charge is 0.336 e. The predicted molar refractivity (Wildman–Crippen MR) is 101 cm³/mol. The number of aromatic carboxylic acids is 1. The van der Waals surface area contributed by atoms with E-state index in [1.807, 2.05) is 13.0 Å². The Kier molecular flexibility index (Phi) is 5.04. The molecule has 1 saturated carbocycles. The molecule has 1 aliphatic carbocycles. The van der Waals surface area contributed by atoms with E-state index >= 15 is 0 Å². The van der Waals surface area contributed by atoms with Gasteiger partial charge in [0.05, 0.1) is 11.8 Å². The zero-order valence-corrected chi connectivity index (χ0v) is 15.6. The van der Waals surface area contributed by atoms with Crippen molar-refractivity contribution in [1.82, 2.24) is 4.90 Å². The number of nitrogens with zero attached hydrogens (tertiary/aromatic N) is 2. The molecule has 0 bridgehead atoms. The van der Waals surface area contributed by atoms with Crippen molar-refractivity contribution in [2.24, 2.45) is 0 Å². The monoisotopic (exact) mass is 344 g/mol. The highest BCUT2D eigenvalue weighted by Gasteiger charge is 2.28. The fourth-order valence-corrected chi connectivity index (χ4v) is 4.29. The summed E-state index contributed by atoms with van der Waals surface area (Å²) in [7, 11) is 4.30. The van der Waals surface area contributed by atoms with Gasteiger partial charge in [-0.25, -0.2) is 4.79 Å². The number of anilines is 1. The molecule has 1 aliphatic rings. The summed E-state index contributed by atoms with van der Waals surface area (Å²) in [6.07, 6.45) is 6.20. The molecule has 1 fully saturated rings. The minimum Gasteiger partial charge on any atom is -0.478 e. The Balaban J connectivity index is 1.96. The molecular formula is C20H28N2O3. The zero-order chi connectivity index (χ0) is 18.1. The normalized spacial score (nSPS) is 21.0. The number of fused-ring (bicyclic) bond motifs is 1. The summed E-state index contributed by atoms with van der Waals surface area (Å²) in [5.74, 6) is -0.891. The molecule has 1 N–H and O–H groups in total. The number of furan rings is 1. The molecule has 0 amide bonds. The van der Waals surface area contributed by atoms with Crippen molar-refractivity contribution in [1.29, 1.82) is 0 Å². The third kappa shape index (κ3) is 3.25. The number of carbonyl (C=O) groups is 1. The van der Waals surface area contributed by atoms with E-state index in [1.165, 1.54) is 12.8 Å². The van der Waals surface area contributed by atoms with Gasteiger partial charge in [-0.3, -0.25) is 0 Å². The predicted octanol–water partition coefficient (Wildman–Crippen LogP) is 4.14. The second kappa shape index (κ2) is 7.08. The minimum atomic E-state index is -0.891. The van der Waals surface area contributed by atoms with Crippen LogP contribution in [-0.2, 0) is 0 Å². The lowest BCUT2D eigenvalue weighted by Crippen LogP contribution is -2.42. The highest BCUT2D eigenvalue weighted by Crippen LogP contribution is 2.36. The van der Waals surface area contributed by atoms with E-state index in [0.717, 1.165) is 30.6 Å². The van der Waals surface area contributed by atoms with Crippen LogP contribution in [0.15, 0.2) is 22.8 Å². The fraction of sp³-hybridized carbons (Fsp3) is 0.550. The van der Waals surface area contributed by atoms with Crippen LogP contribution in [-0.4, -0.2) is 48.7 Å². The number of rotatable bonds is 5. The summed E-state index contributed by atoms with van der Waals surface area (Å²) in [5, 5.41) is 10.4. The maximum atomic E-state index is 11.8. The largest absolute Gasteiger partial charge is 0.478 e. The SMILES string of the molecule is CCN(c1cc2occc2c(C(=O)O)c1C)[C@H]1CC[C@H](N(C)C)CC1. The minimum absolute atomic E-state index is 0.363. The molecule has 0 saturated heterocycles. The molecule has 0 unspecified atom stereocenters. The molecule has 1 aromatic carbocycles. The van der Waals surface area contributed by atoms with Crippen molar-refractivity contribution in [3.63, 3.8) is 0 Å². The molecule has 5 nitrogen and oxygen atoms in total. The van der Waals surface area contributed by atoms with E-state index in [1.54, 1.807) is 12.3 Å². The Morgan fingerprint density at radius 2 is 1.88 bits per heavy atom. The number of carboxylic acids is 1. The first-order valence-electron chi connectivity index (χ1n) is 9.11. The molecule has 2 aromatic rings. The Morgan fingerprint density at radius 3 is 2.44 bits per heavy atom. The number of hydrogen-bond acceptors (Lipinski definition) is 4. The van der Waals surface area contributed by atoms with Crippen LogP contribution in [0.5, 0.6) is 0 Å². The van der Waals surface area contributed by atoms with Gasteiger partial charge < -0.3 is 19.3 Å². The maximum absolute atomic E-state index is 11.8. The quantitative estimate of drug-likeness (QED) is 0.883. The lowest BCUT2D eigenvalue weighted by atomic mass is 9.88. The van der Waals surface area contributed by atoms with E-state index in [9.17, 15) is 9.90 Å². The van der Waals surface area contributed by atoms with Crippen LogP contribution >= 0.6 is 0 Å². The molecule has 0 radical (unpaired) electrons. The van der Waals surface area contributed by atoms with Gasteiger partial charge >= 0.3 is 5.97 Å². The number of hydrogen-bond donors (Lipinski definition) is 1. The van der Waals surface area contributed by atoms with Crippen molar-refractivity contribution in [2.75, 3.05) is 25.5 Å². The van der Waals surface area contributed by atoms with Gasteiger partial charge in [0.15, 0.2) is 0 Å².